The van der Waals surface area contributed by atoms with Crippen molar-refractivity contribution in [3.63, 3.8) is 0 Å². The summed E-state index contributed by atoms with van der Waals surface area (Å²) < 4.78 is 11.2. The van der Waals surface area contributed by atoms with Gasteiger partial charge in [0.25, 0.3) is 11.6 Å². The molecule has 0 unspecified atom stereocenters. The van der Waals surface area contributed by atoms with E-state index in [4.69, 9.17) is 9.47 Å². The van der Waals surface area contributed by atoms with E-state index in [1.807, 2.05) is 25.1 Å². The summed E-state index contributed by atoms with van der Waals surface area (Å²) in [5.74, 6) is 0.822. The van der Waals surface area contributed by atoms with Crippen molar-refractivity contribution < 1.29 is 19.2 Å². The van der Waals surface area contributed by atoms with Gasteiger partial charge in [0.15, 0.2) is 11.5 Å². The van der Waals surface area contributed by atoms with Crippen molar-refractivity contribution in [3.8, 4) is 11.5 Å². The molecule has 0 spiro atoms. The lowest BCUT2D eigenvalue weighted by Crippen LogP contribution is -2.27. The fourth-order valence-electron chi connectivity index (χ4n) is 2.82. The van der Waals surface area contributed by atoms with Gasteiger partial charge in [-0.05, 0) is 38.0 Å². The largest absolute Gasteiger partial charge is 0.493 e. The Hall–Kier alpha value is -3.16. The Balaban J connectivity index is 2.12. The molecule has 1 aromatic heterocycles. The lowest BCUT2D eigenvalue weighted by Gasteiger charge is -2.17. The molecule has 29 heavy (non-hydrogen) atoms. The molecule has 0 fully saturated rings. The van der Waals surface area contributed by atoms with Crippen LogP contribution in [0.15, 0.2) is 30.5 Å². The zero-order valence-electron chi connectivity index (χ0n) is 17.2. The maximum absolute atomic E-state index is 12.6. The highest BCUT2D eigenvalue weighted by atomic mass is 16.6. The highest BCUT2D eigenvalue weighted by Gasteiger charge is 2.19. The van der Waals surface area contributed by atoms with Gasteiger partial charge in [-0.15, -0.1) is 0 Å². The predicted octanol–water partition coefficient (Wildman–Crippen LogP) is 4.37. The molecule has 0 aliphatic heterocycles. The van der Waals surface area contributed by atoms with Crippen LogP contribution in [0.2, 0.25) is 0 Å². The summed E-state index contributed by atoms with van der Waals surface area (Å²) in [4.78, 5) is 26.9. The third kappa shape index (κ3) is 5.91. The normalized spacial score (nSPS) is 11.6. The van der Waals surface area contributed by atoms with Crippen LogP contribution in [0.5, 0.6) is 11.5 Å². The second-order valence-corrected chi connectivity index (χ2v) is 6.74. The third-order valence-corrected chi connectivity index (χ3v) is 4.57. The molecule has 0 saturated carbocycles. The third-order valence-electron chi connectivity index (χ3n) is 4.57. The van der Waals surface area contributed by atoms with Crippen LogP contribution in [0, 0.1) is 17.0 Å². The molecule has 0 saturated heterocycles. The lowest BCUT2D eigenvalue weighted by atomic mass is 10.1. The number of rotatable bonds is 10. The van der Waals surface area contributed by atoms with E-state index < -0.39 is 10.8 Å². The minimum absolute atomic E-state index is 0.175. The van der Waals surface area contributed by atoms with Crippen molar-refractivity contribution >= 4 is 11.6 Å². The first-order valence-corrected chi connectivity index (χ1v) is 9.60. The Labute approximate surface area is 170 Å². The number of ether oxygens (including phenoxy) is 2. The van der Waals surface area contributed by atoms with Crippen LogP contribution in [0.1, 0.15) is 60.8 Å². The molecule has 0 aliphatic rings. The summed E-state index contributed by atoms with van der Waals surface area (Å²) >= 11 is 0. The van der Waals surface area contributed by atoms with E-state index in [1.165, 1.54) is 6.07 Å². The number of nitro groups is 1. The monoisotopic (exact) mass is 401 g/mol. The van der Waals surface area contributed by atoms with Crippen LogP contribution in [0.3, 0.4) is 0 Å². The number of pyridine rings is 1. The lowest BCUT2D eigenvalue weighted by molar-refractivity contribution is -0.385. The molecule has 2 aromatic rings. The highest BCUT2D eigenvalue weighted by molar-refractivity contribution is 5.96. The molecule has 1 heterocycles. The second kappa shape index (κ2) is 10.4. The van der Waals surface area contributed by atoms with Crippen molar-refractivity contribution in [2.75, 3.05) is 13.7 Å². The number of amides is 1. The van der Waals surface area contributed by atoms with Crippen LogP contribution in [0.4, 0.5) is 5.69 Å². The first kappa shape index (κ1) is 22.1. The predicted molar refractivity (Wildman–Crippen MR) is 110 cm³/mol. The zero-order valence-corrected chi connectivity index (χ0v) is 17.2. The van der Waals surface area contributed by atoms with Gasteiger partial charge in [-0.2, -0.15) is 0 Å². The van der Waals surface area contributed by atoms with Crippen LogP contribution in [-0.2, 0) is 0 Å². The van der Waals surface area contributed by atoms with Crippen LogP contribution < -0.4 is 14.8 Å². The van der Waals surface area contributed by atoms with Gasteiger partial charge in [-0.1, -0.05) is 25.8 Å². The Morgan fingerprint density at radius 3 is 2.69 bits per heavy atom. The Kier molecular flexibility index (Phi) is 7.94. The molecule has 1 amide bonds. The number of nitrogens with zero attached hydrogens (tertiary/aromatic N) is 2. The number of carbonyl (C=O) groups is 1. The number of methoxy groups -OCH3 is 1. The maximum Gasteiger partial charge on any atom is 0.288 e. The Morgan fingerprint density at radius 2 is 2.03 bits per heavy atom. The number of aryl methyl sites for hydroxylation is 1. The van der Waals surface area contributed by atoms with E-state index in [2.05, 4.69) is 17.2 Å². The fourth-order valence-corrected chi connectivity index (χ4v) is 2.82. The molecule has 0 aliphatic carbocycles. The average Bonchev–Trinajstić information content (AvgIpc) is 2.71. The van der Waals surface area contributed by atoms with E-state index in [1.54, 1.807) is 14.0 Å². The first-order chi connectivity index (χ1) is 13.9. The van der Waals surface area contributed by atoms with E-state index in [9.17, 15) is 14.9 Å². The van der Waals surface area contributed by atoms with Gasteiger partial charge in [0, 0.05) is 6.07 Å². The summed E-state index contributed by atoms with van der Waals surface area (Å²) in [5, 5.41) is 13.8. The minimum Gasteiger partial charge on any atom is -0.493 e. The second-order valence-electron chi connectivity index (χ2n) is 6.74. The quantitative estimate of drug-likeness (QED) is 0.360. The van der Waals surface area contributed by atoms with E-state index in [0.717, 1.165) is 31.0 Å². The molecule has 1 atom stereocenters. The molecule has 2 rings (SSSR count). The van der Waals surface area contributed by atoms with E-state index in [-0.39, 0.29) is 17.3 Å². The van der Waals surface area contributed by atoms with Gasteiger partial charge in [-0.3, -0.25) is 19.9 Å². The van der Waals surface area contributed by atoms with Gasteiger partial charge < -0.3 is 14.8 Å². The number of nitrogens with one attached hydrogen (secondary N) is 1. The summed E-state index contributed by atoms with van der Waals surface area (Å²) in [6, 6.07) is 6.39. The molecule has 8 heteroatoms. The van der Waals surface area contributed by atoms with E-state index in [0.29, 0.717) is 23.8 Å². The fraction of sp³-hybridized carbons (Fsp3) is 0.429. The number of hydrogen-bond donors (Lipinski definition) is 1. The number of benzene rings is 1. The number of unbranched alkanes of at least 4 members (excludes halogenated alkanes) is 2. The summed E-state index contributed by atoms with van der Waals surface area (Å²) in [6.45, 7) is 6.22. The van der Waals surface area contributed by atoms with Crippen molar-refractivity contribution in [1.82, 2.24) is 10.3 Å². The number of aromatic nitrogens is 1. The average molecular weight is 401 g/mol. The van der Waals surface area contributed by atoms with Crippen molar-refractivity contribution in [3.05, 3.63) is 57.4 Å². The maximum atomic E-state index is 12.6. The SMILES string of the molecule is CCCCCOc1ccc([C@H](C)NC(=O)c2cc([N+](=O)[O-])cnc2C)cc1OC. The Morgan fingerprint density at radius 1 is 1.28 bits per heavy atom. The van der Waals surface area contributed by atoms with Crippen molar-refractivity contribution in [2.24, 2.45) is 0 Å². The topological polar surface area (TPSA) is 104 Å². The molecular formula is C21H27N3O5. The van der Waals surface area contributed by atoms with Gasteiger partial charge >= 0.3 is 0 Å². The molecule has 1 aromatic carbocycles. The number of carbonyl (C=O) groups excluding carboxylic acids is 1. The Bertz CT molecular complexity index is 869. The molecule has 0 radical (unpaired) electrons. The van der Waals surface area contributed by atoms with Gasteiger partial charge in [0.05, 0.1) is 35.9 Å². The van der Waals surface area contributed by atoms with Gasteiger partial charge in [0.2, 0.25) is 0 Å². The summed E-state index contributed by atoms with van der Waals surface area (Å²) in [5.41, 5.74) is 1.20. The molecule has 156 valence electrons. The van der Waals surface area contributed by atoms with Gasteiger partial charge in [0.1, 0.15) is 6.20 Å². The molecular weight excluding hydrogens is 374 g/mol. The zero-order chi connectivity index (χ0) is 21.4. The van der Waals surface area contributed by atoms with Crippen molar-refractivity contribution in [2.45, 2.75) is 46.1 Å². The molecule has 8 nitrogen and oxygen atoms in total. The van der Waals surface area contributed by atoms with Crippen molar-refractivity contribution in [1.29, 1.82) is 0 Å². The van der Waals surface area contributed by atoms with Crippen LogP contribution >= 0.6 is 0 Å². The molecule has 1 N–H and O–H groups in total. The highest BCUT2D eigenvalue weighted by Crippen LogP contribution is 2.30. The van der Waals surface area contributed by atoms with Gasteiger partial charge in [-0.25, -0.2) is 0 Å². The van der Waals surface area contributed by atoms with E-state index >= 15 is 0 Å². The minimum atomic E-state index is -0.573. The summed E-state index contributed by atoms with van der Waals surface area (Å²) in [6.07, 6.45) is 4.34. The standard InChI is InChI=1S/C21H27N3O5/c1-5-6-7-10-29-19-9-8-16(11-20(19)28-4)14(2)23-21(25)18-12-17(24(26)27)13-22-15(18)3/h8-9,11-14H,5-7,10H2,1-4H3,(H,23,25)/t14-/m0/s1. The summed E-state index contributed by atoms with van der Waals surface area (Å²) in [7, 11) is 1.57. The molecule has 0 bridgehead atoms. The number of hydrogen-bond acceptors (Lipinski definition) is 6. The first-order valence-electron chi connectivity index (χ1n) is 9.60. The van der Waals surface area contributed by atoms with Crippen LogP contribution in [-0.4, -0.2) is 29.5 Å². The van der Waals surface area contributed by atoms with Crippen LogP contribution in [0.25, 0.3) is 0 Å². The smallest absolute Gasteiger partial charge is 0.288 e.